The fourth-order valence-corrected chi connectivity index (χ4v) is 5.88. The number of aromatic hydroxyl groups is 1. The van der Waals surface area contributed by atoms with Gasteiger partial charge in [0.15, 0.2) is 0 Å². The first-order valence-electron chi connectivity index (χ1n) is 11.7. The average Bonchev–Trinajstić information content (AvgIpc) is 3.46. The van der Waals surface area contributed by atoms with Crippen LogP contribution in [0.25, 0.3) is 21.5 Å². The highest BCUT2D eigenvalue weighted by molar-refractivity contribution is 7.15. The highest BCUT2D eigenvalue weighted by atomic mass is 32.1. The molecule has 2 aromatic carbocycles. The number of ether oxygens (including phenoxy) is 1. The minimum absolute atomic E-state index is 0.00535. The number of benzene rings is 2. The van der Waals surface area contributed by atoms with Crippen LogP contribution in [0.4, 0.5) is 0 Å². The van der Waals surface area contributed by atoms with Gasteiger partial charge in [0.05, 0.1) is 18.2 Å². The molecule has 1 aliphatic rings. The summed E-state index contributed by atoms with van der Waals surface area (Å²) in [7, 11) is 1.69. The maximum Gasteiger partial charge on any atom is 0.248 e. The van der Waals surface area contributed by atoms with E-state index in [1.54, 1.807) is 30.6 Å². The van der Waals surface area contributed by atoms with Gasteiger partial charge in [-0.15, -0.1) is 11.3 Å². The summed E-state index contributed by atoms with van der Waals surface area (Å²) in [5.74, 6) is -0.00535. The number of aliphatic hydroxyl groups is 1. The number of aryl methyl sites for hydroxylation is 1. The Morgan fingerprint density at radius 2 is 2.03 bits per heavy atom. The lowest BCUT2D eigenvalue weighted by molar-refractivity contribution is 0.0948. The molecule has 0 amide bonds. The largest absolute Gasteiger partial charge is 0.508 e. The predicted octanol–water partition coefficient (Wildman–Crippen LogP) is 3.73. The van der Waals surface area contributed by atoms with Crippen LogP contribution in [0.15, 0.2) is 53.5 Å². The summed E-state index contributed by atoms with van der Waals surface area (Å²) in [6, 6.07) is 12.7. The topological polar surface area (TPSA) is 107 Å². The molecule has 0 bridgehead atoms. The number of aromatic nitrogens is 2. The summed E-state index contributed by atoms with van der Waals surface area (Å²) in [5.41, 5.74) is 4.09. The minimum Gasteiger partial charge on any atom is -0.508 e. The Hall–Kier alpha value is -3.04. The number of phenolic OH excluding ortho intramolecular Hbond substituents is 1. The molecule has 0 aliphatic heterocycles. The van der Waals surface area contributed by atoms with Crippen LogP contribution >= 0.6 is 11.3 Å². The monoisotopic (exact) mass is 491 g/mol. The number of pyridine rings is 1. The van der Waals surface area contributed by atoms with E-state index >= 15 is 0 Å². The van der Waals surface area contributed by atoms with Crippen LogP contribution in [0.2, 0.25) is 0 Å². The zero-order valence-electron chi connectivity index (χ0n) is 19.8. The lowest BCUT2D eigenvalue weighted by Gasteiger charge is -2.31. The van der Waals surface area contributed by atoms with Crippen molar-refractivity contribution in [2.45, 2.75) is 37.8 Å². The molecule has 35 heavy (non-hydrogen) atoms. The van der Waals surface area contributed by atoms with Crippen molar-refractivity contribution in [3.8, 4) is 16.3 Å². The first-order valence-corrected chi connectivity index (χ1v) is 12.6. The van der Waals surface area contributed by atoms with Gasteiger partial charge in [0, 0.05) is 53.3 Å². The molecular weight excluding hydrogens is 462 g/mol. The molecule has 0 saturated heterocycles. The highest BCUT2D eigenvalue weighted by Crippen LogP contribution is 2.35. The number of methoxy groups -OCH3 is 1. The molecule has 182 valence electrons. The Balaban J connectivity index is 1.37. The summed E-state index contributed by atoms with van der Waals surface area (Å²) in [5, 5.41) is 26.5. The summed E-state index contributed by atoms with van der Waals surface area (Å²) >= 11 is 1.73. The second-order valence-corrected chi connectivity index (χ2v) is 10.4. The smallest absolute Gasteiger partial charge is 0.248 e. The van der Waals surface area contributed by atoms with Crippen molar-refractivity contribution in [2.75, 3.05) is 20.3 Å². The van der Waals surface area contributed by atoms with Crippen molar-refractivity contribution in [1.82, 2.24) is 15.3 Å². The molecule has 1 aliphatic carbocycles. The quantitative estimate of drug-likeness (QED) is 0.299. The fraction of sp³-hybridized carbons (Fsp3) is 0.333. The lowest BCUT2D eigenvalue weighted by Crippen LogP contribution is -2.51. The molecule has 0 radical (unpaired) electrons. The Morgan fingerprint density at radius 3 is 2.80 bits per heavy atom. The van der Waals surface area contributed by atoms with Crippen molar-refractivity contribution >= 4 is 22.2 Å². The van der Waals surface area contributed by atoms with E-state index in [-0.39, 0.29) is 23.4 Å². The third kappa shape index (κ3) is 4.75. The molecule has 4 N–H and O–H groups in total. The molecule has 2 aromatic heterocycles. The van der Waals surface area contributed by atoms with Gasteiger partial charge in [0.2, 0.25) is 5.56 Å². The van der Waals surface area contributed by atoms with E-state index in [0.717, 1.165) is 29.8 Å². The van der Waals surface area contributed by atoms with Crippen molar-refractivity contribution < 1.29 is 14.9 Å². The van der Waals surface area contributed by atoms with Gasteiger partial charge in [-0.1, -0.05) is 19.1 Å². The van der Waals surface area contributed by atoms with E-state index in [2.05, 4.69) is 40.4 Å². The third-order valence-electron chi connectivity index (χ3n) is 6.72. The number of hydrogen-bond donors (Lipinski definition) is 4. The van der Waals surface area contributed by atoms with E-state index in [0.29, 0.717) is 23.1 Å². The van der Waals surface area contributed by atoms with Crippen molar-refractivity contribution in [2.24, 2.45) is 0 Å². The molecule has 8 heteroatoms. The number of nitrogens with one attached hydrogen (secondary N) is 2. The normalized spacial score (nSPS) is 18.1. The van der Waals surface area contributed by atoms with E-state index in [1.807, 2.05) is 6.20 Å². The van der Waals surface area contributed by atoms with Gasteiger partial charge in [0.1, 0.15) is 10.8 Å². The number of fused-ring (bicyclic) bond motifs is 2. The Bertz CT molecular complexity index is 1430. The molecular formula is C27H29N3O4S. The molecule has 2 atom stereocenters. The van der Waals surface area contributed by atoms with Gasteiger partial charge in [-0.05, 0) is 54.2 Å². The molecule has 0 fully saturated rings. The maximum absolute atomic E-state index is 11.7. The van der Waals surface area contributed by atoms with Crippen LogP contribution in [0.1, 0.15) is 34.6 Å². The molecule has 1 unspecified atom stereocenters. The fourth-order valence-electron chi connectivity index (χ4n) is 5.03. The van der Waals surface area contributed by atoms with E-state index in [1.165, 1.54) is 28.1 Å². The Kier molecular flexibility index (Phi) is 6.46. The number of rotatable bonds is 8. The summed E-state index contributed by atoms with van der Waals surface area (Å²) < 4.78 is 5.60. The standard InChI is InChI=1S/C27H29N3O4S/c1-3-20-13-28-26(35-20)16-4-5-17-11-27(15-34-2,12-18(17)8-16)29-14-24(32)22-9-19(31)10-23-21(22)6-7-25(33)30-23/h4-10,13,24,29,31-32H,3,11-12,14-15H2,1-2H3,(H,30,33)/t24-,27?/m0/s1. The molecule has 7 nitrogen and oxygen atoms in total. The van der Waals surface area contributed by atoms with Crippen LogP contribution in [-0.4, -0.2) is 46.0 Å². The van der Waals surface area contributed by atoms with Gasteiger partial charge in [-0.25, -0.2) is 4.98 Å². The van der Waals surface area contributed by atoms with Gasteiger partial charge in [-0.2, -0.15) is 0 Å². The van der Waals surface area contributed by atoms with Gasteiger partial charge in [0.25, 0.3) is 0 Å². The Labute approximate surface area is 207 Å². The summed E-state index contributed by atoms with van der Waals surface area (Å²) in [6.07, 6.45) is 3.61. The van der Waals surface area contributed by atoms with E-state index < -0.39 is 6.10 Å². The molecule has 0 saturated carbocycles. The van der Waals surface area contributed by atoms with Crippen molar-refractivity contribution in [3.05, 3.63) is 80.6 Å². The Morgan fingerprint density at radius 1 is 1.20 bits per heavy atom. The van der Waals surface area contributed by atoms with Gasteiger partial charge < -0.3 is 25.3 Å². The number of aromatic amines is 1. The molecule has 5 rings (SSSR count). The predicted molar refractivity (Wildman–Crippen MR) is 138 cm³/mol. The average molecular weight is 492 g/mol. The van der Waals surface area contributed by atoms with Crippen LogP contribution in [0, 0.1) is 0 Å². The number of hydrogen-bond acceptors (Lipinski definition) is 7. The third-order valence-corrected chi connectivity index (χ3v) is 7.91. The van der Waals surface area contributed by atoms with Gasteiger partial charge >= 0.3 is 0 Å². The maximum atomic E-state index is 11.7. The van der Waals surface area contributed by atoms with Crippen LogP contribution < -0.4 is 10.9 Å². The van der Waals surface area contributed by atoms with Crippen LogP contribution in [0.3, 0.4) is 0 Å². The zero-order valence-corrected chi connectivity index (χ0v) is 20.6. The molecule has 0 spiro atoms. The van der Waals surface area contributed by atoms with Gasteiger partial charge in [-0.3, -0.25) is 4.79 Å². The van der Waals surface area contributed by atoms with E-state index in [9.17, 15) is 15.0 Å². The number of β-amino-alcohol motifs (C(OH)–C–C–N with tert-alkyl or cyclic N) is 1. The van der Waals surface area contributed by atoms with Crippen LogP contribution in [-0.2, 0) is 24.0 Å². The minimum atomic E-state index is -0.883. The number of phenols is 1. The lowest BCUT2D eigenvalue weighted by atomic mass is 9.95. The SMILES string of the molecule is CCc1cnc(-c2ccc3c(c2)CC(COC)(NC[C@H](O)c2cc(O)cc4[nH]c(=O)ccc24)C3)s1. The number of aliphatic hydroxyl groups excluding tert-OH is 1. The second kappa shape index (κ2) is 9.54. The second-order valence-electron chi connectivity index (χ2n) is 9.25. The summed E-state index contributed by atoms with van der Waals surface area (Å²) in [6.45, 7) is 2.90. The number of thiazole rings is 1. The number of H-pyrrole nitrogens is 1. The number of nitrogens with zero attached hydrogens (tertiary/aromatic N) is 1. The van der Waals surface area contributed by atoms with Crippen molar-refractivity contribution in [3.63, 3.8) is 0 Å². The molecule has 4 aromatic rings. The van der Waals surface area contributed by atoms with E-state index in [4.69, 9.17) is 4.74 Å². The first kappa shape index (κ1) is 23.7. The zero-order chi connectivity index (χ0) is 24.6. The summed E-state index contributed by atoms with van der Waals surface area (Å²) in [4.78, 5) is 20.3. The van der Waals surface area contributed by atoms with Crippen molar-refractivity contribution in [1.29, 1.82) is 0 Å². The molecule has 2 heterocycles. The highest BCUT2D eigenvalue weighted by Gasteiger charge is 2.37. The van der Waals surface area contributed by atoms with Crippen LogP contribution in [0.5, 0.6) is 5.75 Å². The first-order chi connectivity index (χ1) is 16.9.